The summed E-state index contributed by atoms with van der Waals surface area (Å²) in [5, 5.41) is 16.0. The van der Waals surface area contributed by atoms with Gasteiger partial charge < -0.3 is 5.32 Å². The van der Waals surface area contributed by atoms with Crippen LogP contribution >= 0.6 is 0 Å². The highest BCUT2D eigenvalue weighted by molar-refractivity contribution is 5.04. The molecule has 1 rings (SSSR count). The summed E-state index contributed by atoms with van der Waals surface area (Å²) >= 11 is 0. The van der Waals surface area contributed by atoms with Crippen molar-refractivity contribution < 1.29 is 0 Å². The zero-order valence-electron chi connectivity index (χ0n) is 8.73. The van der Waals surface area contributed by atoms with Crippen LogP contribution in [0.25, 0.3) is 0 Å². The number of hydrogen-bond donors (Lipinski definition) is 1. The van der Waals surface area contributed by atoms with Crippen molar-refractivity contribution >= 4 is 0 Å². The van der Waals surface area contributed by atoms with E-state index in [1.807, 2.05) is 13.8 Å². The van der Waals surface area contributed by atoms with Crippen molar-refractivity contribution in [2.45, 2.75) is 31.8 Å². The van der Waals surface area contributed by atoms with Gasteiger partial charge in [-0.1, -0.05) is 0 Å². The predicted molar refractivity (Wildman–Crippen MR) is 52.4 cm³/mol. The van der Waals surface area contributed by atoms with Gasteiger partial charge in [-0.25, -0.2) is 4.98 Å². The highest BCUT2D eigenvalue weighted by Gasteiger charge is 2.25. The van der Waals surface area contributed by atoms with E-state index in [4.69, 9.17) is 5.26 Å². The lowest BCUT2D eigenvalue weighted by atomic mass is 9.96. The summed E-state index contributed by atoms with van der Waals surface area (Å²) in [4.78, 5) is 3.87. The Morgan fingerprint density at radius 1 is 1.71 bits per heavy atom. The van der Waals surface area contributed by atoms with Gasteiger partial charge in [0.1, 0.15) is 18.2 Å². The third-order valence-corrected chi connectivity index (χ3v) is 2.39. The van der Waals surface area contributed by atoms with Crippen LogP contribution in [0.15, 0.2) is 12.7 Å². The first-order valence-corrected chi connectivity index (χ1v) is 4.55. The van der Waals surface area contributed by atoms with E-state index >= 15 is 0 Å². The first-order valence-electron chi connectivity index (χ1n) is 4.55. The molecule has 1 N–H and O–H groups in total. The Bertz CT molecular complexity index is 312. The van der Waals surface area contributed by atoms with Crippen LogP contribution in [0.2, 0.25) is 0 Å². The number of nitrogens with one attached hydrogen (secondary N) is 1. The summed E-state index contributed by atoms with van der Waals surface area (Å²) in [6, 6.07) is 2.41. The standard InChI is InChI=1S/C9H15N5/c1-8(14-7-12-6-13-14)4-9(2,5-10)11-3/h6-8,11H,4H2,1-3H3. The molecular weight excluding hydrogens is 178 g/mol. The van der Waals surface area contributed by atoms with Crippen molar-refractivity contribution in [3.63, 3.8) is 0 Å². The highest BCUT2D eigenvalue weighted by Crippen LogP contribution is 2.18. The van der Waals surface area contributed by atoms with Crippen LogP contribution in [-0.2, 0) is 0 Å². The molecule has 5 nitrogen and oxygen atoms in total. The average Bonchev–Trinajstić information content (AvgIpc) is 2.70. The van der Waals surface area contributed by atoms with E-state index in [1.54, 1.807) is 18.1 Å². The molecule has 0 aliphatic carbocycles. The van der Waals surface area contributed by atoms with Gasteiger partial charge in [0.05, 0.1) is 12.1 Å². The Hall–Kier alpha value is -1.41. The number of rotatable bonds is 4. The maximum atomic E-state index is 8.97. The van der Waals surface area contributed by atoms with Gasteiger partial charge in [0.2, 0.25) is 0 Å². The lowest BCUT2D eigenvalue weighted by Gasteiger charge is -2.24. The minimum Gasteiger partial charge on any atom is -0.303 e. The maximum Gasteiger partial charge on any atom is 0.137 e. The maximum absolute atomic E-state index is 8.97. The molecule has 0 aliphatic rings. The zero-order valence-corrected chi connectivity index (χ0v) is 8.73. The van der Waals surface area contributed by atoms with Gasteiger partial charge in [-0.3, -0.25) is 4.68 Å². The Labute approximate surface area is 83.8 Å². The minimum atomic E-state index is -0.509. The van der Waals surface area contributed by atoms with Gasteiger partial charge in [0.15, 0.2) is 0 Å². The van der Waals surface area contributed by atoms with E-state index in [1.165, 1.54) is 6.33 Å². The number of hydrogen-bond acceptors (Lipinski definition) is 4. The predicted octanol–water partition coefficient (Wildman–Crippen LogP) is 0.731. The fourth-order valence-corrected chi connectivity index (χ4v) is 1.33. The van der Waals surface area contributed by atoms with Crippen LogP contribution < -0.4 is 5.32 Å². The zero-order chi connectivity index (χ0) is 10.6. The van der Waals surface area contributed by atoms with Crippen molar-refractivity contribution in [1.29, 1.82) is 5.26 Å². The van der Waals surface area contributed by atoms with Gasteiger partial charge >= 0.3 is 0 Å². The van der Waals surface area contributed by atoms with Gasteiger partial charge in [-0.15, -0.1) is 0 Å². The largest absolute Gasteiger partial charge is 0.303 e. The van der Waals surface area contributed by atoms with Gasteiger partial charge in [-0.2, -0.15) is 10.4 Å². The number of nitriles is 1. The second-order valence-corrected chi connectivity index (χ2v) is 3.62. The van der Waals surface area contributed by atoms with Crippen molar-refractivity contribution in [3.8, 4) is 6.07 Å². The Morgan fingerprint density at radius 3 is 2.86 bits per heavy atom. The molecule has 0 aromatic carbocycles. The molecule has 1 aromatic rings. The Balaban J connectivity index is 2.66. The van der Waals surface area contributed by atoms with E-state index in [-0.39, 0.29) is 6.04 Å². The molecule has 0 aliphatic heterocycles. The molecule has 0 amide bonds. The summed E-state index contributed by atoms with van der Waals surface area (Å²) in [6.45, 7) is 3.89. The van der Waals surface area contributed by atoms with Crippen molar-refractivity contribution in [1.82, 2.24) is 20.1 Å². The quantitative estimate of drug-likeness (QED) is 0.765. The van der Waals surface area contributed by atoms with Crippen LogP contribution in [0.3, 0.4) is 0 Å². The molecule has 0 fully saturated rings. The molecule has 1 aromatic heterocycles. The topological polar surface area (TPSA) is 66.5 Å². The van der Waals surface area contributed by atoms with Crippen LogP contribution in [0, 0.1) is 11.3 Å². The molecule has 2 atom stereocenters. The van der Waals surface area contributed by atoms with Crippen LogP contribution in [0.1, 0.15) is 26.3 Å². The summed E-state index contributed by atoms with van der Waals surface area (Å²) in [5.41, 5.74) is -0.509. The molecule has 5 heteroatoms. The van der Waals surface area contributed by atoms with Crippen molar-refractivity contribution in [2.75, 3.05) is 7.05 Å². The molecular formula is C9H15N5. The van der Waals surface area contributed by atoms with E-state index in [0.29, 0.717) is 6.42 Å². The van der Waals surface area contributed by atoms with E-state index in [9.17, 15) is 0 Å². The average molecular weight is 193 g/mol. The molecule has 76 valence electrons. The third-order valence-electron chi connectivity index (χ3n) is 2.39. The Morgan fingerprint density at radius 2 is 2.43 bits per heavy atom. The molecule has 14 heavy (non-hydrogen) atoms. The lowest BCUT2D eigenvalue weighted by Crippen LogP contribution is -2.40. The van der Waals surface area contributed by atoms with E-state index in [0.717, 1.165) is 0 Å². The highest BCUT2D eigenvalue weighted by atomic mass is 15.3. The molecule has 1 heterocycles. The molecule has 0 radical (unpaired) electrons. The second kappa shape index (κ2) is 4.20. The third kappa shape index (κ3) is 2.30. The van der Waals surface area contributed by atoms with E-state index < -0.39 is 5.54 Å². The monoisotopic (exact) mass is 193 g/mol. The number of aromatic nitrogens is 3. The van der Waals surface area contributed by atoms with Crippen LogP contribution in [0.5, 0.6) is 0 Å². The summed E-state index contributed by atoms with van der Waals surface area (Å²) in [5.74, 6) is 0. The van der Waals surface area contributed by atoms with Gasteiger partial charge in [-0.05, 0) is 20.9 Å². The van der Waals surface area contributed by atoms with Crippen LogP contribution in [0.4, 0.5) is 0 Å². The first kappa shape index (κ1) is 10.7. The Kier molecular flexibility index (Phi) is 3.20. The fraction of sp³-hybridized carbons (Fsp3) is 0.667. The smallest absolute Gasteiger partial charge is 0.137 e. The van der Waals surface area contributed by atoms with Gasteiger partial charge in [0.25, 0.3) is 0 Å². The van der Waals surface area contributed by atoms with Crippen molar-refractivity contribution in [2.24, 2.45) is 0 Å². The lowest BCUT2D eigenvalue weighted by molar-refractivity contribution is 0.348. The van der Waals surface area contributed by atoms with Crippen LogP contribution in [-0.4, -0.2) is 27.4 Å². The molecule has 2 unspecified atom stereocenters. The molecule has 0 saturated carbocycles. The molecule has 0 bridgehead atoms. The molecule has 0 saturated heterocycles. The van der Waals surface area contributed by atoms with Gasteiger partial charge in [0, 0.05) is 6.42 Å². The summed E-state index contributed by atoms with van der Waals surface area (Å²) < 4.78 is 1.76. The minimum absolute atomic E-state index is 0.162. The first-order chi connectivity index (χ1) is 6.61. The molecule has 0 spiro atoms. The second-order valence-electron chi connectivity index (χ2n) is 3.62. The summed E-state index contributed by atoms with van der Waals surface area (Å²) in [6.07, 6.45) is 3.86. The van der Waals surface area contributed by atoms with E-state index in [2.05, 4.69) is 21.5 Å². The fourth-order valence-electron chi connectivity index (χ4n) is 1.33. The SMILES string of the molecule is CNC(C)(C#N)CC(C)n1cncn1. The normalized spacial score (nSPS) is 17.0. The summed E-state index contributed by atoms with van der Waals surface area (Å²) in [7, 11) is 1.79. The number of nitrogens with zero attached hydrogens (tertiary/aromatic N) is 4. The van der Waals surface area contributed by atoms with Crippen molar-refractivity contribution in [3.05, 3.63) is 12.7 Å².